The number of nitrogens with one attached hydrogen (secondary N) is 3. The molecule has 1 saturated carbocycles. The lowest BCUT2D eigenvalue weighted by atomic mass is 9.96. The molecule has 1 amide bonds. The van der Waals surface area contributed by atoms with Crippen molar-refractivity contribution in [1.82, 2.24) is 35.9 Å². The Morgan fingerprint density at radius 3 is 3.03 bits per heavy atom. The Bertz CT molecular complexity index is 991. The molecule has 0 spiro atoms. The number of alkyl carbamates (subject to hydrolysis) is 1. The van der Waals surface area contributed by atoms with E-state index in [9.17, 15) is 4.79 Å². The topological polar surface area (TPSA) is 128 Å². The molecule has 11 nitrogen and oxygen atoms in total. The molecule has 1 aliphatic heterocycles. The normalized spacial score (nSPS) is 25.2. The van der Waals surface area contributed by atoms with Gasteiger partial charge in [0.25, 0.3) is 0 Å². The fraction of sp³-hybridized carbons (Fsp3) is 0.667. The number of hydrogen-bond acceptors (Lipinski definition) is 8. The van der Waals surface area contributed by atoms with Gasteiger partial charge in [-0.2, -0.15) is 5.10 Å². The van der Waals surface area contributed by atoms with E-state index in [0.717, 1.165) is 54.7 Å². The van der Waals surface area contributed by atoms with Crippen molar-refractivity contribution >= 4 is 28.8 Å². The molecule has 0 bridgehead atoms. The Balaban J connectivity index is 1.39. The van der Waals surface area contributed by atoms with Crippen molar-refractivity contribution in [2.24, 2.45) is 18.0 Å². The largest absolute Gasteiger partial charge is 0.446 e. The summed E-state index contributed by atoms with van der Waals surface area (Å²) in [7, 11) is 3.49. The van der Waals surface area contributed by atoms with Gasteiger partial charge in [-0.3, -0.25) is 4.68 Å². The summed E-state index contributed by atoms with van der Waals surface area (Å²) in [6.07, 6.45) is 5.52. The van der Waals surface area contributed by atoms with Gasteiger partial charge in [0.15, 0.2) is 5.82 Å². The van der Waals surface area contributed by atoms with Crippen LogP contribution in [0, 0.1) is 5.92 Å². The van der Waals surface area contributed by atoms with E-state index < -0.39 is 0 Å². The molecule has 2 fully saturated rings. The number of hydrogen-bond donors (Lipinski definition) is 3. The van der Waals surface area contributed by atoms with Crippen LogP contribution in [0.25, 0.3) is 11.0 Å². The van der Waals surface area contributed by atoms with Crippen LogP contribution in [0.5, 0.6) is 0 Å². The molecule has 4 atom stereocenters. The van der Waals surface area contributed by atoms with Gasteiger partial charge in [-0.15, -0.1) is 0 Å². The minimum atomic E-state index is -0.318. The van der Waals surface area contributed by atoms with Gasteiger partial charge < -0.3 is 20.2 Å². The number of carbonyl (C=O) groups excluding carboxylic acids is 1. The third kappa shape index (κ3) is 4.83. The summed E-state index contributed by atoms with van der Waals surface area (Å²) in [4.78, 5) is 25.5. The fourth-order valence-electron chi connectivity index (χ4n) is 4.38. The zero-order valence-corrected chi connectivity index (χ0v) is 19.1. The van der Waals surface area contributed by atoms with Crippen LogP contribution in [0.3, 0.4) is 0 Å². The first kappa shape index (κ1) is 22.4. The number of nitrogens with zero attached hydrogens (tertiary/aromatic N) is 5. The number of methoxy groups -OCH3 is 1. The van der Waals surface area contributed by atoms with Gasteiger partial charge in [-0.25, -0.2) is 25.2 Å². The molecule has 2 aromatic heterocycles. The second-order valence-corrected chi connectivity index (χ2v) is 8.59. The maximum atomic E-state index is 12.0. The van der Waals surface area contributed by atoms with Gasteiger partial charge in [-0.05, 0) is 38.5 Å². The minimum absolute atomic E-state index is 0.0398. The number of ether oxygens (including phenoxy) is 2. The molecule has 0 radical (unpaired) electrons. The minimum Gasteiger partial charge on any atom is -0.446 e. The summed E-state index contributed by atoms with van der Waals surface area (Å²) >= 11 is 0. The lowest BCUT2D eigenvalue weighted by molar-refractivity contribution is 0.0949. The number of aryl methyl sites for hydroxylation is 1. The van der Waals surface area contributed by atoms with Crippen molar-refractivity contribution in [2.75, 3.05) is 7.11 Å². The van der Waals surface area contributed by atoms with Crippen molar-refractivity contribution < 1.29 is 14.3 Å². The highest BCUT2D eigenvalue weighted by molar-refractivity contribution is 5.92. The standard InChI is InChI=1S/C21H32N8O3/c1-5-12(2)24-21(30)32-14-7-6-13(8-14)15-9-17(27-26-15)25-20-19-18(22-11-23-20)16(10-31-4)28-29(19)3/h11-15,26H,5-10H2,1-4H3,(H,24,30)(H,22,23,25,27). The van der Waals surface area contributed by atoms with Crippen molar-refractivity contribution in [1.29, 1.82) is 0 Å². The van der Waals surface area contributed by atoms with Gasteiger partial charge in [0.2, 0.25) is 0 Å². The van der Waals surface area contributed by atoms with Crippen LogP contribution in [-0.2, 0) is 23.1 Å². The first-order chi connectivity index (χ1) is 15.5. The second kappa shape index (κ2) is 9.78. The maximum Gasteiger partial charge on any atom is 0.407 e. The van der Waals surface area contributed by atoms with E-state index in [1.165, 1.54) is 6.33 Å². The first-order valence-corrected chi connectivity index (χ1v) is 11.2. The molecule has 0 aromatic carbocycles. The average molecular weight is 445 g/mol. The zero-order chi connectivity index (χ0) is 22.7. The molecular weight excluding hydrogens is 412 g/mol. The number of rotatable bonds is 7. The number of aromatic nitrogens is 4. The summed E-state index contributed by atoms with van der Waals surface area (Å²) in [6, 6.07) is 0.352. The highest BCUT2D eigenvalue weighted by Gasteiger charge is 2.36. The molecule has 1 saturated heterocycles. The van der Waals surface area contributed by atoms with Crippen LogP contribution >= 0.6 is 0 Å². The monoisotopic (exact) mass is 444 g/mol. The van der Waals surface area contributed by atoms with Gasteiger partial charge in [0.05, 0.1) is 6.61 Å². The lowest BCUT2D eigenvalue weighted by Gasteiger charge is -2.18. The number of fused-ring (bicyclic) bond motifs is 1. The van der Waals surface area contributed by atoms with Crippen LogP contribution < -0.4 is 16.2 Å². The van der Waals surface area contributed by atoms with Crippen LogP contribution in [0.4, 0.5) is 10.6 Å². The predicted molar refractivity (Wildman–Crippen MR) is 119 cm³/mol. The van der Waals surface area contributed by atoms with Crippen molar-refractivity contribution in [3.8, 4) is 0 Å². The molecule has 4 rings (SSSR count). The Morgan fingerprint density at radius 1 is 1.41 bits per heavy atom. The number of carbonyl (C=O) groups is 1. The van der Waals surface area contributed by atoms with E-state index in [1.54, 1.807) is 11.8 Å². The molecule has 2 aliphatic rings. The summed E-state index contributed by atoms with van der Waals surface area (Å²) in [5, 5.41) is 7.35. The number of hydrazine groups is 1. The number of amidine groups is 1. The molecule has 3 N–H and O–H groups in total. The molecule has 3 heterocycles. The fourth-order valence-corrected chi connectivity index (χ4v) is 4.38. The van der Waals surface area contributed by atoms with Crippen molar-refractivity contribution in [3.05, 3.63) is 12.0 Å². The molecule has 174 valence electrons. The van der Waals surface area contributed by atoms with Gasteiger partial charge in [0.1, 0.15) is 35.0 Å². The Hall–Kier alpha value is -2.79. The third-order valence-corrected chi connectivity index (χ3v) is 6.25. The van der Waals surface area contributed by atoms with E-state index in [2.05, 4.69) is 31.2 Å². The van der Waals surface area contributed by atoms with E-state index in [4.69, 9.17) is 14.5 Å². The van der Waals surface area contributed by atoms with Gasteiger partial charge in [0, 0.05) is 32.7 Å². The van der Waals surface area contributed by atoms with Crippen LogP contribution in [0.2, 0.25) is 0 Å². The summed E-state index contributed by atoms with van der Waals surface area (Å²) in [5.41, 5.74) is 8.84. The molecule has 32 heavy (non-hydrogen) atoms. The van der Waals surface area contributed by atoms with E-state index in [0.29, 0.717) is 18.3 Å². The summed E-state index contributed by atoms with van der Waals surface area (Å²) in [5.74, 6) is 1.81. The SMILES string of the molecule is CCC(C)NC(=O)OC1CCC(C2CC(=Nc3ncnc4c(COC)nn(C)c34)NN2)C1. The zero-order valence-electron chi connectivity index (χ0n) is 19.1. The third-order valence-electron chi connectivity index (χ3n) is 6.25. The number of aliphatic imine (C=N–C) groups is 1. The van der Waals surface area contributed by atoms with E-state index in [-0.39, 0.29) is 24.3 Å². The quantitative estimate of drug-likeness (QED) is 0.592. The highest BCUT2D eigenvalue weighted by atomic mass is 16.6. The molecule has 11 heteroatoms. The summed E-state index contributed by atoms with van der Waals surface area (Å²) < 4.78 is 12.6. The maximum absolute atomic E-state index is 12.0. The predicted octanol–water partition coefficient (Wildman–Crippen LogP) is 2.10. The van der Waals surface area contributed by atoms with E-state index in [1.807, 2.05) is 20.9 Å². The number of amides is 1. The lowest BCUT2D eigenvalue weighted by Crippen LogP contribution is -2.36. The van der Waals surface area contributed by atoms with Crippen LogP contribution in [-0.4, -0.2) is 57.0 Å². The second-order valence-electron chi connectivity index (χ2n) is 8.59. The molecular formula is C21H32N8O3. The Morgan fingerprint density at radius 2 is 2.25 bits per heavy atom. The summed E-state index contributed by atoms with van der Waals surface area (Å²) in [6.45, 7) is 4.39. The molecule has 1 aliphatic carbocycles. The van der Waals surface area contributed by atoms with Crippen molar-refractivity contribution in [3.63, 3.8) is 0 Å². The molecule has 4 unspecified atom stereocenters. The Kier molecular flexibility index (Phi) is 6.85. The van der Waals surface area contributed by atoms with Gasteiger partial charge in [-0.1, -0.05) is 6.92 Å². The molecule has 2 aromatic rings. The van der Waals surface area contributed by atoms with Crippen molar-refractivity contribution in [2.45, 2.75) is 70.7 Å². The average Bonchev–Trinajstić information content (AvgIpc) is 3.48. The Labute approximate surface area is 187 Å². The van der Waals surface area contributed by atoms with Gasteiger partial charge >= 0.3 is 6.09 Å². The smallest absolute Gasteiger partial charge is 0.407 e. The van der Waals surface area contributed by atoms with Crippen LogP contribution in [0.15, 0.2) is 11.3 Å². The highest BCUT2D eigenvalue weighted by Crippen LogP contribution is 2.33. The first-order valence-electron chi connectivity index (χ1n) is 11.2. The van der Waals surface area contributed by atoms with Crippen LogP contribution in [0.1, 0.15) is 51.6 Å². The van der Waals surface area contributed by atoms with E-state index >= 15 is 0 Å².